The molecule has 1 atom stereocenters. The van der Waals surface area contributed by atoms with Crippen molar-refractivity contribution in [2.75, 3.05) is 61.8 Å². The van der Waals surface area contributed by atoms with Crippen LogP contribution in [-0.2, 0) is 4.74 Å². The van der Waals surface area contributed by atoms with Gasteiger partial charge >= 0.3 is 5.97 Å². The quantitative estimate of drug-likeness (QED) is 0.105. The number of hydrogen-bond donors (Lipinski definition) is 3. The van der Waals surface area contributed by atoms with Gasteiger partial charge < -0.3 is 30.3 Å². The minimum atomic E-state index is -0.497. The second kappa shape index (κ2) is 17.2. The molecule has 3 aromatic carbocycles. The van der Waals surface area contributed by atoms with Gasteiger partial charge in [0.15, 0.2) is 0 Å². The number of hydrogen-bond acceptors (Lipinski definition) is 11. The van der Waals surface area contributed by atoms with Gasteiger partial charge in [-0.15, -0.1) is 0 Å². The Morgan fingerprint density at radius 1 is 0.836 bits per heavy atom. The molecular formula is C44H56N8O3. The van der Waals surface area contributed by atoms with Crippen molar-refractivity contribution >= 4 is 29.0 Å². The number of aromatic nitrogens is 2. The van der Waals surface area contributed by atoms with Crippen LogP contribution in [0.5, 0.6) is 11.5 Å². The fourth-order valence-corrected chi connectivity index (χ4v) is 8.21. The van der Waals surface area contributed by atoms with Crippen LogP contribution in [0, 0.1) is 11.3 Å². The molecule has 3 fully saturated rings. The van der Waals surface area contributed by atoms with Crippen molar-refractivity contribution in [1.82, 2.24) is 19.8 Å². The van der Waals surface area contributed by atoms with E-state index in [2.05, 4.69) is 42.1 Å². The third-order valence-electron chi connectivity index (χ3n) is 11.1. The van der Waals surface area contributed by atoms with E-state index in [-0.39, 0.29) is 17.7 Å². The summed E-state index contributed by atoms with van der Waals surface area (Å²) < 4.78 is 11.5. The maximum absolute atomic E-state index is 12.4. The van der Waals surface area contributed by atoms with E-state index >= 15 is 0 Å². The molecule has 1 aromatic heterocycles. The average molecular weight is 745 g/mol. The van der Waals surface area contributed by atoms with Crippen LogP contribution in [0.3, 0.4) is 0 Å². The van der Waals surface area contributed by atoms with Gasteiger partial charge in [0.25, 0.3) is 0 Å². The summed E-state index contributed by atoms with van der Waals surface area (Å²) >= 11 is 0. The van der Waals surface area contributed by atoms with Gasteiger partial charge in [0.2, 0.25) is 0 Å². The number of benzene rings is 3. The van der Waals surface area contributed by atoms with Gasteiger partial charge in [0.05, 0.1) is 16.8 Å². The Bertz CT molecular complexity index is 1880. The lowest BCUT2D eigenvalue weighted by atomic mass is 9.93. The molecule has 0 radical (unpaired) electrons. The van der Waals surface area contributed by atoms with Gasteiger partial charge in [-0.1, -0.05) is 18.2 Å². The molecule has 4 N–H and O–H groups in total. The number of nitrogens with two attached hydrogens (primary N) is 1. The number of para-hydroxylation sites is 1. The molecule has 11 heteroatoms. The smallest absolute Gasteiger partial charge is 0.338 e. The SMILES string of the molecule is CC(C)(C)OC(=O)c1ccc(N2CCC(CN3CCC(N4CCCC(Nc5ncnc(N)c5C(=N)c5ccc(Oc6ccccc6)cc5)C4)CC3)CC2)cc1. The van der Waals surface area contributed by atoms with Crippen molar-refractivity contribution < 1.29 is 14.3 Å². The number of anilines is 3. The lowest BCUT2D eigenvalue weighted by Crippen LogP contribution is -2.51. The molecule has 0 spiro atoms. The van der Waals surface area contributed by atoms with Gasteiger partial charge in [-0.25, -0.2) is 14.8 Å². The summed E-state index contributed by atoms with van der Waals surface area (Å²) in [6.45, 7) is 13.3. The summed E-state index contributed by atoms with van der Waals surface area (Å²) in [5.74, 6) is 2.83. The number of nitrogen functional groups attached to an aromatic ring is 1. The Labute approximate surface area is 325 Å². The van der Waals surface area contributed by atoms with E-state index in [0.29, 0.717) is 40.5 Å². The predicted octanol–water partition coefficient (Wildman–Crippen LogP) is 7.48. The van der Waals surface area contributed by atoms with E-state index < -0.39 is 5.60 Å². The second-order valence-corrected chi connectivity index (χ2v) is 16.3. The Hall–Kier alpha value is -5.00. The van der Waals surface area contributed by atoms with Crippen molar-refractivity contribution in [1.29, 1.82) is 5.41 Å². The molecule has 4 aromatic rings. The summed E-state index contributed by atoms with van der Waals surface area (Å²) in [7, 11) is 0. The van der Waals surface area contributed by atoms with E-state index in [9.17, 15) is 4.79 Å². The summed E-state index contributed by atoms with van der Waals surface area (Å²) in [4.78, 5) is 29.1. The van der Waals surface area contributed by atoms with E-state index in [0.717, 1.165) is 63.4 Å². The van der Waals surface area contributed by atoms with Gasteiger partial charge in [0.1, 0.15) is 35.1 Å². The molecule has 4 heterocycles. The third kappa shape index (κ3) is 10.0. The predicted molar refractivity (Wildman–Crippen MR) is 220 cm³/mol. The molecule has 0 saturated carbocycles. The maximum Gasteiger partial charge on any atom is 0.338 e. The Morgan fingerprint density at radius 3 is 2.20 bits per heavy atom. The number of esters is 1. The molecule has 7 rings (SSSR count). The van der Waals surface area contributed by atoms with Crippen molar-refractivity contribution in [2.45, 2.75) is 77.0 Å². The van der Waals surface area contributed by atoms with Gasteiger partial charge in [-0.05, 0) is 146 Å². The average Bonchev–Trinajstić information content (AvgIpc) is 3.19. The Balaban J connectivity index is 0.870. The van der Waals surface area contributed by atoms with E-state index in [1.165, 1.54) is 44.2 Å². The van der Waals surface area contributed by atoms with Crippen LogP contribution >= 0.6 is 0 Å². The summed E-state index contributed by atoms with van der Waals surface area (Å²) in [5, 5.41) is 12.8. The molecule has 11 nitrogen and oxygen atoms in total. The zero-order valence-corrected chi connectivity index (χ0v) is 32.5. The van der Waals surface area contributed by atoms with Crippen LogP contribution in [0.1, 0.15) is 80.8 Å². The Kier molecular flexibility index (Phi) is 12.0. The molecule has 55 heavy (non-hydrogen) atoms. The van der Waals surface area contributed by atoms with E-state index in [1.54, 1.807) is 0 Å². The number of nitrogens with one attached hydrogen (secondary N) is 2. The van der Waals surface area contributed by atoms with Crippen molar-refractivity contribution in [3.63, 3.8) is 0 Å². The number of nitrogens with zero attached hydrogens (tertiary/aromatic N) is 5. The third-order valence-corrected chi connectivity index (χ3v) is 11.1. The second-order valence-electron chi connectivity index (χ2n) is 16.3. The number of ether oxygens (including phenoxy) is 2. The van der Waals surface area contributed by atoms with Gasteiger partial charge in [-0.2, -0.15) is 0 Å². The number of piperidine rings is 3. The number of carbonyl (C=O) groups excluding carboxylic acids is 1. The van der Waals surface area contributed by atoms with E-state index in [4.69, 9.17) is 20.6 Å². The first-order valence-electron chi connectivity index (χ1n) is 19.9. The highest BCUT2D eigenvalue weighted by atomic mass is 16.6. The van der Waals surface area contributed by atoms with Crippen LogP contribution in [-0.4, -0.2) is 94.9 Å². The monoisotopic (exact) mass is 744 g/mol. The van der Waals surface area contributed by atoms with Gasteiger partial charge in [-0.3, -0.25) is 10.3 Å². The molecule has 3 aliphatic heterocycles. The summed E-state index contributed by atoms with van der Waals surface area (Å²) in [6.07, 6.45) is 8.41. The van der Waals surface area contributed by atoms with E-state index in [1.807, 2.05) is 87.5 Å². The first kappa shape index (κ1) is 38.3. The maximum atomic E-state index is 12.4. The van der Waals surface area contributed by atoms with Crippen LogP contribution in [0.15, 0.2) is 85.2 Å². The van der Waals surface area contributed by atoms with Crippen molar-refractivity contribution in [3.8, 4) is 11.5 Å². The van der Waals surface area contributed by atoms with Crippen LogP contribution in [0.25, 0.3) is 0 Å². The van der Waals surface area contributed by atoms with Crippen molar-refractivity contribution in [3.05, 3.63) is 102 Å². The fourth-order valence-electron chi connectivity index (χ4n) is 8.21. The van der Waals surface area contributed by atoms with Gasteiger partial charge in [0, 0.05) is 49.5 Å². The lowest BCUT2D eigenvalue weighted by molar-refractivity contribution is 0.00695. The molecule has 290 valence electrons. The van der Waals surface area contributed by atoms with Crippen LogP contribution in [0.2, 0.25) is 0 Å². The molecule has 3 aliphatic rings. The Morgan fingerprint density at radius 2 is 1.51 bits per heavy atom. The minimum absolute atomic E-state index is 0.216. The van der Waals surface area contributed by atoms with Crippen molar-refractivity contribution in [2.24, 2.45) is 5.92 Å². The van der Waals surface area contributed by atoms with Crippen LogP contribution in [0.4, 0.5) is 17.3 Å². The highest BCUT2D eigenvalue weighted by molar-refractivity contribution is 6.16. The fraction of sp³-hybridized carbons (Fsp3) is 0.455. The normalized spacial score (nSPS) is 19.2. The summed E-state index contributed by atoms with van der Waals surface area (Å²) in [5.41, 5.74) is 9.22. The molecule has 1 unspecified atom stereocenters. The zero-order valence-electron chi connectivity index (χ0n) is 32.5. The standard InChI is InChI=1S/C44H56N8O3/c1-44(2,3)55-43(53)33-11-15-35(16-12-33)51-26-19-31(20-27-51)28-50-24-21-36(22-25-50)52-23-7-8-34(29-52)49-42-39(41(46)47-30-48-42)40(45)32-13-17-38(18-14-32)54-37-9-5-4-6-10-37/h4-6,9-18,30-31,34,36,45H,7-8,19-29H2,1-3H3,(H3,46,47,48,49). The van der Waals surface area contributed by atoms with Crippen LogP contribution < -0.4 is 20.7 Å². The highest BCUT2D eigenvalue weighted by Gasteiger charge is 2.31. The number of carbonyl (C=O) groups is 1. The molecule has 3 saturated heterocycles. The minimum Gasteiger partial charge on any atom is -0.457 e. The lowest BCUT2D eigenvalue weighted by Gasteiger charge is -2.43. The molecule has 0 aliphatic carbocycles. The first-order valence-corrected chi connectivity index (χ1v) is 19.9. The number of likely N-dealkylation sites (tertiary alicyclic amines) is 2. The molecular weight excluding hydrogens is 689 g/mol. The number of rotatable bonds is 11. The molecule has 0 amide bonds. The summed E-state index contributed by atoms with van der Waals surface area (Å²) in [6, 6.07) is 25.8. The highest BCUT2D eigenvalue weighted by Crippen LogP contribution is 2.30. The zero-order chi connectivity index (χ0) is 38.4. The first-order chi connectivity index (χ1) is 26.6. The topological polar surface area (TPSA) is 133 Å². The molecule has 0 bridgehead atoms. The largest absolute Gasteiger partial charge is 0.457 e.